The molecule has 4 rings (SSSR count). The highest BCUT2D eigenvalue weighted by Gasteiger charge is 2.44. The normalized spacial score (nSPS) is 18.2. The summed E-state index contributed by atoms with van der Waals surface area (Å²) in [5, 5.41) is 15.7. The lowest BCUT2D eigenvalue weighted by molar-refractivity contribution is -0.150. The van der Waals surface area contributed by atoms with Crippen molar-refractivity contribution in [2.75, 3.05) is 18.5 Å². The van der Waals surface area contributed by atoms with Gasteiger partial charge in [0.05, 0.1) is 26.7 Å². The fourth-order valence-corrected chi connectivity index (χ4v) is 6.30. The van der Waals surface area contributed by atoms with E-state index in [2.05, 4.69) is 10.3 Å². The minimum absolute atomic E-state index is 0.0851. The van der Waals surface area contributed by atoms with Gasteiger partial charge < -0.3 is 9.84 Å². The lowest BCUT2D eigenvalue weighted by Gasteiger charge is -2.22. The molecule has 0 spiro atoms. The molecule has 1 fully saturated rings. The minimum Gasteiger partial charge on any atom is -0.454 e. The van der Waals surface area contributed by atoms with Gasteiger partial charge in [-0.25, -0.2) is 13.4 Å². The Labute approximate surface area is 225 Å². The molecular formula is C22H18Cl3N3O6S2. The molecule has 0 saturated carbocycles. The minimum atomic E-state index is -4.11. The molecule has 36 heavy (non-hydrogen) atoms. The molecule has 2 aromatic carbocycles. The number of carbonyl (C=O) groups is 2. The summed E-state index contributed by atoms with van der Waals surface area (Å²) in [5.74, 6) is -1.61. The van der Waals surface area contributed by atoms with Gasteiger partial charge >= 0.3 is 5.97 Å². The zero-order valence-corrected chi connectivity index (χ0v) is 22.1. The molecule has 0 aliphatic carbocycles. The van der Waals surface area contributed by atoms with Gasteiger partial charge in [-0.1, -0.05) is 40.9 Å². The number of carbonyl (C=O) groups excluding carboxylic acids is 2. The molecule has 2 heterocycles. The number of hydrogen-bond acceptors (Lipinski definition) is 8. The number of aromatic nitrogens is 1. The number of esters is 1. The van der Waals surface area contributed by atoms with E-state index in [0.29, 0.717) is 26.3 Å². The number of amides is 1. The quantitative estimate of drug-likeness (QED) is 0.397. The van der Waals surface area contributed by atoms with Crippen LogP contribution in [-0.4, -0.2) is 60.0 Å². The highest BCUT2D eigenvalue weighted by Crippen LogP contribution is 2.31. The maximum absolute atomic E-state index is 13.0. The van der Waals surface area contributed by atoms with Crippen LogP contribution in [0, 0.1) is 0 Å². The summed E-state index contributed by atoms with van der Waals surface area (Å²) < 4.78 is 31.9. The highest BCUT2D eigenvalue weighted by molar-refractivity contribution is 7.89. The Hall–Kier alpha value is -2.25. The van der Waals surface area contributed by atoms with E-state index in [0.717, 1.165) is 15.6 Å². The second-order valence-corrected chi connectivity index (χ2v) is 11.8. The molecule has 14 heteroatoms. The van der Waals surface area contributed by atoms with E-state index < -0.39 is 40.7 Å². The largest absolute Gasteiger partial charge is 0.454 e. The van der Waals surface area contributed by atoms with Crippen molar-refractivity contribution in [3.8, 4) is 11.3 Å². The molecule has 190 valence electrons. The monoisotopic (exact) mass is 589 g/mol. The summed E-state index contributed by atoms with van der Waals surface area (Å²) in [6, 6.07) is 9.15. The first kappa shape index (κ1) is 26.8. The van der Waals surface area contributed by atoms with E-state index >= 15 is 0 Å². The van der Waals surface area contributed by atoms with Crippen molar-refractivity contribution in [3.63, 3.8) is 0 Å². The fourth-order valence-electron chi connectivity index (χ4n) is 3.51. The van der Waals surface area contributed by atoms with Gasteiger partial charge in [0.2, 0.25) is 10.0 Å². The van der Waals surface area contributed by atoms with E-state index in [1.807, 2.05) is 0 Å². The van der Waals surface area contributed by atoms with E-state index in [4.69, 9.17) is 39.5 Å². The summed E-state index contributed by atoms with van der Waals surface area (Å²) in [6.07, 6.45) is -1.22. The van der Waals surface area contributed by atoms with Crippen LogP contribution in [0.5, 0.6) is 0 Å². The third-order valence-corrected chi connectivity index (χ3v) is 8.88. The summed E-state index contributed by atoms with van der Waals surface area (Å²) in [4.78, 5) is 29.2. The number of anilines is 1. The zero-order valence-electron chi connectivity index (χ0n) is 18.2. The van der Waals surface area contributed by atoms with Gasteiger partial charge in [0, 0.05) is 28.9 Å². The van der Waals surface area contributed by atoms with Crippen LogP contribution in [0.15, 0.2) is 52.7 Å². The van der Waals surface area contributed by atoms with Crippen molar-refractivity contribution in [1.82, 2.24) is 9.29 Å². The first-order valence-electron chi connectivity index (χ1n) is 10.4. The number of rotatable bonds is 7. The van der Waals surface area contributed by atoms with Crippen molar-refractivity contribution in [3.05, 3.63) is 62.9 Å². The average molecular weight is 591 g/mol. The number of hydrogen-bond donors (Lipinski definition) is 2. The van der Waals surface area contributed by atoms with Gasteiger partial charge in [0.25, 0.3) is 5.91 Å². The van der Waals surface area contributed by atoms with E-state index in [-0.39, 0.29) is 23.0 Å². The van der Waals surface area contributed by atoms with Crippen LogP contribution in [0.2, 0.25) is 15.1 Å². The van der Waals surface area contributed by atoms with Crippen LogP contribution in [0.3, 0.4) is 0 Å². The number of halogens is 3. The van der Waals surface area contributed by atoms with Crippen LogP contribution in [0.1, 0.15) is 6.42 Å². The average Bonchev–Trinajstić information content (AvgIpc) is 3.46. The number of thiazole rings is 1. The number of aliphatic hydroxyl groups excluding tert-OH is 1. The molecule has 3 aromatic rings. The summed E-state index contributed by atoms with van der Waals surface area (Å²) in [6.45, 7) is -0.949. The Morgan fingerprint density at radius 3 is 2.56 bits per heavy atom. The van der Waals surface area contributed by atoms with Gasteiger partial charge in [-0.15, -0.1) is 11.3 Å². The van der Waals surface area contributed by atoms with Crippen LogP contribution in [-0.2, 0) is 24.3 Å². The van der Waals surface area contributed by atoms with Crippen LogP contribution in [0.25, 0.3) is 11.3 Å². The number of benzene rings is 2. The maximum Gasteiger partial charge on any atom is 0.325 e. The van der Waals surface area contributed by atoms with Crippen LogP contribution in [0.4, 0.5) is 5.13 Å². The van der Waals surface area contributed by atoms with Crippen LogP contribution >= 0.6 is 46.1 Å². The molecule has 0 radical (unpaired) electrons. The number of nitrogens with zero attached hydrogens (tertiary/aromatic N) is 2. The third kappa shape index (κ3) is 6.00. The molecule has 1 saturated heterocycles. The Bertz CT molecular complexity index is 1400. The Morgan fingerprint density at radius 1 is 1.14 bits per heavy atom. The predicted molar refractivity (Wildman–Crippen MR) is 137 cm³/mol. The number of β-amino-alcohol motifs (C(OH)–C–C–N with tert-alkyl or cyclic N) is 1. The van der Waals surface area contributed by atoms with Crippen molar-refractivity contribution in [1.29, 1.82) is 0 Å². The van der Waals surface area contributed by atoms with Gasteiger partial charge in [-0.05, 0) is 36.4 Å². The molecule has 1 aromatic heterocycles. The van der Waals surface area contributed by atoms with Gasteiger partial charge in [-0.2, -0.15) is 4.31 Å². The van der Waals surface area contributed by atoms with E-state index in [1.165, 1.54) is 24.3 Å². The molecule has 2 N–H and O–H groups in total. The Kier molecular flexibility index (Phi) is 8.20. The van der Waals surface area contributed by atoms with Crippen molar-refractivity contribution >= 4 is 73.2 Å². The number of ether oxygens (including phenoxy) is 1. The molecule has 0 bridgehead atoms. The van der Waals surface area contributed by atoms with E-state index in [9.17, 15) is 23.1 Å². The van der Waals surface area contributed by atoms with Crippen molar-refractivity contribution < 1.29 is 27.9 Å². The highest BCUT2D eigenvalue weighted by atomic mass is 35.5. The van der Waals surface area contributed by atoms with Crippen LogP contribution < -0.4 is 5.32 Å². The topological polar surface area (TPSA) is 126 Å². The SMILES string of the molecule is O=C(COC(=O)[C@H]1C[C@H](O)CN1S(=O)(=O)c1ccc(Cl)cc1)Nc1nc(-c2ccc(Cl)c(Cl)c2)cs1. The lowest BCUT2D eigenvalue weighted by Crippen LogP contribution is -2.42. The number of sulfonamides is 1. The zero-order chi connectivity index (χ0) is 26.0. The van der Waals surface area contributed by atoms with Gasteiger partial charge in [-0.3, -0.25) is 14.9 Å². The van der Waals surface area contributed by atoms with E-state index in [1.54, 1.807) is 23.6 Å². The second-order valence-electron chi connectivity index (χ2n) is 7.76. The maximum atomic E-state index is 13.0. The molecule has 1 aliphatic rings. The molecular weight excluding hydrogens is 573 g/mol. The molecule has 0 unspecified atom stereocenters. The first-order chi connectivity index (χ1) is 17.0. The summed E-state index contributed by atoms with van der Waals surface area (Å²) in [5.41, 5.74) is 1.27. The van der Waals surface area contributed by atoms with Gasteiger partial charge in [0.15, 0.2) is 11.7 Å². The van der Waals surface area contributed by atoms with Crippen molar-refractivity contribution in [2.45, 2.75) is 23.5 Å². The Morgan fingerprint density at radius 2 is 1.86 bits per heavy atom. The predicted octanol–water partition coefficient (Wildman–Crippen LogP) is 4.08. The smallest absolute Gasteiger partial charge is 0.325 e. The standard InChI is InChI=1S/C22H18Cl3N3O6S2/c23-13-2-4-15(5-3-13)36(32,33)28-9-14(29)8-19(28)21(31)34-10-20(30)27-22-26-18(11-35-22)12-1-6-16(24)17(25)7-12/h1-7,11,14,19,29H,8-10H2,(H,26,27,30)/t14-,19+/m0/s1. The first-order valence-corrected chi connectivity index (χ1v) is 13.8. The lowest BCUT2D eigenvalue weighted by atomic mass is 10.2. The third-order valence-electron chi connectivity index (χ3n) is 5.24. The number of aliphatic hydroxyl groups is 1. The summed E-state index contributed by atoms with van der Waals surface area (Å²) in [7, 11) is -4.11. The van der Waals surface area contributed by atoms with Crippen molar-refractivity contribution in [2.24, 2.45) is 0 Å². The molecule has 9 nitrogen and oxygen atoms in total. The Balaban J connectivity index is 1.37. The molecule has 2 atom stereocenters. The second kappa shape index (κ2) is 11.0. The summed E-state index contributed by atoms with van der Waals surface area (Å²) >= 11 is 18.9. The molecule has 1 aliphatic heterocycles. The fraction of sp³-hybridized carbons (Fsp3) is 0.227. The molecule has 1 amide bonds. The number of nitrogens with one attached hydrogen (secondary N) is 1. The van der Waals surface area contributed by atoms with Gasteiger partial charge in [0.1, 0.15) is 6.04 Å².